The maximum absolute atomic E-state index is 12.2. The van der Waals surface area contributed by atoms with Gasteiger partial charge in [-0.3, -0.25) is 9.69 Å². The van der Waals surface area contributed by atoms with Gasteiger partial charge < -0.3 is 20.4 Å². The molecule has 0 unspecified atom stereocenters. The third kappa shape index (κ3) is 4.19. The molecule has 0 spiro atoms. The van der Waals surface area contributed by atoms with Gasteiger partial charge in [0.1, 0.15) is 13.2 Å². The van der Waals surface area contributed by atoms with Crippen molar-refractivity contribution in [3.8, 4) is 0 Å². The third-order valence-electron chi connectivity index (χ3n) is 3.58. The molecule has 0 aliphatic carbocycles. The van der Waals surface area contributed by atoms with Gasteiger partial charge in [-0.2, -0.15) is 0 Å². The predicted molar refractivity (Wildman–Crippen MR) is 82.0 cm³/mol. The molecule has 1 aromatic rings. The number of amides is 2. The average molecular weight is 321 g/mol. The average Bonchev–Trinajstić information content (AvgIpc) is 2.98. The molecule has 1 aliphatic heterocycles. The zero-order chi connectivity index (χ0) is 16.8. The molecule has 23 heavy (non-hydrogen) atoms. The van der Waals surface area contributed by atoms with Gasteiger partial charge in [0.2, 0.25) is 5.91 Å². The summed E-state index contributed by atoms with van der Waals surface area (Å²) in [5.74, 6) is -0.469. The maximum Gasteiger partial charge on any atom is 0.408 e. The van der Waals surface area contributed by atoms with Crippen molar-refractivity contribution in [2.45, 2.75) is 18.6 Å². The summed E-state index contributed by atoms with van der Waals surface area (Å²) in [7, 11) is 1.36. The van der Waals surface area contributed by atoms with Crippen LogP contribution in [0.5, 0.6) is 0 Å². The molecule has 0 saturated carbocycles. The van der Waals surface area contributed by atoms with Gasteiger partial charge in [0.15, 0.2) is 0 Å². The Morgan fingerprint density at radius 3 is 2.74 bits per heavy atom. The second kappa shape index (κ2) is 7.59. The molecule has 0 aromatic heterocycles. The van der Waals surface area contributed by atoms with Crippen LogP contribution < -0.4 is 5.32 Å². The van der Waals surface area contributed by atoms with Crippen LogP contribution in [0.3, 0.4) is 0 Å². The molecule has 1 fully saturated rings. The highest BCUT2D eigenvalue weighted by atomic mass is 16.6. The second-order valence-electron chi connectivity index (χ2n) is 5.14. The Morgan fingerprint density at radius 2 is 2.13 bits per heavy atom. The van der Waals surface area contributed by atoms with Crippen LogP contribution in [0.15, 0.2) is 35.5 Å². The summed E-state index contributed by atoms with van der Waals surface area (Å²) in [5, 5.41) is 25.5. The van der Waals surface area contributed by atoms with E-state index in [0.717, 1.165) is 4.90 Å². The SMILES string of the molecule is CON=C1C[C@@H](C(=O)NC[C@H](O)c2ccccc2)N(C(=O)O)C1. The molecule has 3 N–H and O–H groups in total. The molecule has 2 amide bonds. The van der Waals surface area contributed by atoms with E-state index in [1.165, 1.54) is 7.11 Å². The van der Waals surface area contributed by atoms with E-state index in [1.54, 1.807) is 24.3 Å². The van der Waals surface area contributed by atoms with Crippen molar-refractivity contribution in [3.05, 3.63) is 35.9 Å². The van der Waals surface area contributed by atoms with Crippen LogP contribution in [-0.2, 0) is 9.63 Å². The number of aliphatic hydroxyl groups is 1. The number of carbonyl (C=O) groups excluding carboxylic acids is 1. The van der Waals surface area contributed by atoms with Gasteiger partial charge in [0.25, 0.3) is 0 Å². The van der Waals surface area contributed by atoms with E-state index in [0.29, 0.717) is 11.3 Å². The number of benzene rings is 1. The Labute approximate surface area is 133 Å². The number of carboxylic acid groups (broad SMARTS) is 1. The first kappa shape index (κ1) is 16.8. The lowest BCUT2D eigenvalue weighted by atomic mass is 10.1. The number of nitrogens with zero attached hydrogens (tertiary/aromatic N) is 2. The minimum Gasteiger partial charge on any atom is -0.465 e. The monoisotopic (exact) mass is 321 g/mol. The van der Waals surface area contributed by atoms with Crippen molar-refractivity contribution in [2.24, 2.45) is 5.16 Å². The van der Waals surface area contributed by atoms with Crippen molar-refractivity contribution < 1.29 is 24.6 Å². The summed E-state index contributed by atoms with van der Waals surface area (Å²) < 4.78 is 0. The Morgan fingerprint density at radius 1 is 1.43 bits per heavy atom. The van der Waals surface area contributed by atoms with E-state index in [2.05, 4.69) is 15.3 Å². The van der Waals surface area contributed by atoms with E-state index in [1.807, 2.05) is 6.07 Å². The van der Waals surface area contributed by atoms with Gasteiger partial charge in [-0.1, -0.05) is 35.5 Å². The molecule has 8 heteroatoms. The number of hydrogen-bond acceptors (Lipinski definition) is 5. The molecule has 1 heterocycles. The maximum atomic E-state index is 12.2. The lowest BCUT2D eigenvalue weighted by molar-refractivity contribution is -0.125. The van der Waals surface area contributed by atoms with E-state index in [-0.39, 0.29) is 19.5 Å². The normalized spacial score (nSPS) is 20.3. The highest BCUT2D eigenvalue weighted by Gasteiger charge is 2.38. The molecule has 1 aromatic carbocycles. The summed E-state index contributed by atoms with van der Waals surface area (Å²) >= 11 is 0. The number of oxime groups is 1. The molecular weight excluding hydrogens is 302 g/mol. The summed E-state index contributed by atoms with van der Waals surface area (Å²) in [5.41, 5.74) is 1.16. The van der Waals surface area contributed by atoms with Crippen molar-refractivity contribution in [2.75, 3.05) is 20.2 Å². The fraction of sp³-hybridized carbons (Fsp3) is 0.400. The minimum absolute atomic E-state index is 0.00353. The van der Waals surface area contributed by atoms with E-state index >= 15 is 0 Å². The van der Waals surface area contributed by atoms with Crippen molar-refractivity contribution >= 4 is 17.7 Å². The Bertz CT molecular complexity index is 590. The Kier molecular flexibility index (Phi) is 5.53. The number of nitrogens with one attached hydrogen (secondary N) is 1. The Hall–Kier alpha value is -2.61. The van der Waals surface area contributed by atoms with Crippen LogP contribution in [-0.4, -0.2) is 59.1 Å². The first-order chi connectivity index (χ1) is 11.0. The van der Waals surface area contributed by atoms with Crippen molar-refractivity contribution in [1.82, 2.24) is 10.2 Å². The Balaban J connectivity index is 1.96. The largest absolute Gasteiger partial charge is 0.465 e. The fourth-order valence-corrected chi connectivity index (χ4v) is 2.44. The van der Waals surface area contributed by atoms with Gasteiger partial charge in [-0.15, -0.1) is 0 Å². The van der Waals surface area contributed by atoms with Gasteiger partial charge in [-0.25, -0.2) is 4.79 Å². The molecule has 8 nitrogen and oxygen atoms in total. The predicted octanol–water partition coefficient (Wildman–Crippen LogP) is 0.591. The summed E-state index contributed by atoms with van der Waals surface area (Å²) in [4.78, 5) is 29.1. The second-order valence-corrected chi connectivity index (χ2v) is 5.14. The van der Waals surface area contributed by atoms with E-state index in [9.17, 15) is 19.8 Å². The molecule has 0 bridgehead atoms. The van der Waals surface area contributed by atoms with Crippen LogP contribution in [0.2, 0.25) is 0 Å². The van der Waals surface area contributed by atoms with Crippen LogP contribution >= 0.6 is 0 Å². The zero-order valence-corrected chi connectivity index (χ0v) is 12.7. The highest BCUT2D eigenvalue weighted by Crippen LogP contribution is 2.17. The topological polar surface area (TPSA) is 111 Å². The number of hydrogen-bond donors (Lipinski definition) is 3. The summed E-state index contributed by atoms with van der Waals surface area (Å²) in [6.07, 6.45) is -1.88. The first-order valence-corrected chi connectivity index (χ1v) is 7.12. The molecule has 1 aliphatic rings. The van der Waals surface area contributed by atoms with Crippen molar-refractivity contribution in [1.29, 1.82) is 0 Å². The lowest BCUT2D eigenvalue weighted by Crippen LogP contribution is -2.46. The smallest absolute Gasteiger partial charge is 0.408 e. The van der Waals surface area contributed by atoms with Gasteiger partial charge in [0.05, 0.1) is 18.4 Å². The van der Waals surface area contributed by atoms with Gasteiger partial charge >= 0.3 is 6.09 Å². The molecule has 124 valence electrons. The first-order valence-electron chi connectivity index (χ1n) is 7.12. The molecule has 2 rings (SSSR count). The van der Waals surface area contributed by atoms with E-state index in [4.69, 9.17) is 0 Å². The highest BCUT2D eigenvalue weighted by molar-refractivity contribution is 5.99. The summed E-state index contributed by atoms with van der Waals surface area (Å²) in [6, 6.07) is 8.03. The molecular formula is C15H19N3O5. The van der Waals surface area contributed by atoms with Crippen LogP contribution in [0, 0.1) is 0 Å². The van der Waals surface area contributed by atoms with Crippen LogP contribution in [0.1, 0.15) is 18.1 Å². The lowest BCUT2D eigenvalue weighted by Gasteiger charge is -2.21. The molecule has 0 radical (unpaired) electrons. The van der Waals surface area contributed by atoms with Gasteiger partial charge in [-0.05, 0) is 5.56 Å². The number of likely N-dealkylation sites (tertiary alicyclic amines) is 1. The molecule has 2 atom stereocenters. The third-order valence-corrected chi connectivity index (χ3v) is 3.58. The van der Waals surface area contributed by atoms with Crippen LogP contribution in [0.4, 0.5) is 4.79 Å². The molecule has 1 saturated heterocycles. The van der Waals surface area contributed by atoms with Gasteiger partial charge in [0, 0.05) is 13.0 Å². The minimum atomic E-state index is -1.20. The van der Waals surface area contributed by atoms with Crippen molar-refractivity contribution in [3.63, 3.8) is 0 Å². The quantitative estimate of drug-likeness (QED) is 0.687. The number of aliphatic hydroxyl groups excluding tert-OH is 1. The summed E-state index contributed by atoms with van der Waals surface area (Å²) in [6.45, 7) is 0.0338. The number of rotatable bonds is 5. The number of carbonyl (C=O) groups is 2. The van der Waals surface area contributed by atoms with E-state index < -0.39 is 24.1 Å². The van der Waals surface area contributed by atoms with Crippen LogP contribution in [0.25, 0.3) is 0 Å². The standard InChI is InChI=1S/C15H19N3O5/c1-23-17-11-7-12(18(9-11)15(21)22)14(20)16-8-13(19)10-5-3-2-4-6-10/h2-6,12-13,19H,7-9H2,1H3,(H,16,20)(H,21,22)/t12-,13-/m0/s1. The zero-order valence-electron chi connectivity index (χ0n) is 12.7. The fourth-order valence-electron chi connectivity index (χ4n) is 2.44.